The van der Waals surface area contributed by atoms with Crippen LogP contribution in [0, 0.1) is 18.3 Å². The van der Waals surface area contributed by atoms with E-state index in [1.807, 2.05) is 0 Å². The summed E-state index contributed by atoms with van der Waals surface area (Å²) in [7, 11) is 0. The number of nitrogens with zero attached hydrogens (tertiary/aromatic N) is 2. The Kier molecular flexibility index (Phi) is 2.36. The summed E-state index contributed by atoms with van der Waals surface area (Å²) in [5.41, 5.74) is 0. The first-order chi connectivity index (χ1) is 6.83. The highest BCUT2D eigenvalue weighted by Crippen LogP contribution is 2.37. The van der Waals surface area contributed by atoms with E-state index in [1.165, 1.54) is 0 Å². The fourth-order valence-corrected chi connectivity index (χ4v) is 1.85. The molecule has 0 radical (unpaired) electrons. The zero-order valence-electron chi connectivity index (χ0n) is 7.94. The quantitative estimate of drug-likeness (QED) is 0.668. The summed E-state index contributed by atoms with van der Waals surface area (Å²) in [5.74, 6) is 4.69. The molecule has 0 amide bonds. The Hall–Kier alpha value is -1.56. The zero-order chi connectivity index (χ0) is 9.97. The Bertz CT molecular complexity index is 375. The van der Waals surface area contributed by atoms with Gasteiger partial charge in [0.15, 0.2) is 0 Å². The van der Waals surface area contributed by atoms with Gasteiger partial charge in [0.2, 0.25) is 11.8 Å². The summed E-state index contributed by atoms with van der Waals surface area (Å²) in [6.07, 6.45) is 10.0. The molecule has 2 atom stereocenters. The summed E-state index contributed by atoms with van der Waals surface area (Å²) in [6, 6.07) is 0. The van der Waals surface area contributed by atoms with Crippen LogP contribution in [0.2, 0.25) is 0 Å². The largest absolute Gasteiger partial charge is 0.421 e. The molecule has 1 aliphatic rings. The van der Waals surface area contributed by atoms with E-state index in [0.717, 1.165) is 19.3 Å². The molecule has 72 valence electrons. The van der Waals surface area contributed by atoms with Crippen LogP contribution in [-0.4, -0.2) is 10.2 Å². The van der Waals surface area contributed by atoms with E-state index in [1.54, 1.807) is 6.08 Å². The van der Waals surface area contributed by atoms with Gasteiger partial charge in [-0.15, -0.1) is 22.5 Å². The van der Waals surface area contributed by atoms with E-state index < -0.39 is 0 Å². The Morgan fingerprint density at radius 2 is 2.36 bits per heavy atom. The fourth-order valence-electron chi connectivity index (χ4n) is 1.85. The van der Waals surface area contributed by atoms with Gasteiger partial charge in [-0.3, -0.25) is 0 Å². The number of aromatic nitrogens is 2. The minimum atomic E-state index is 0.345. The van der Waals surface area contributed by atoms with Gasteiger partial charge >= 0.3 is 0 Å². The lowest BCUT2D eigenvalue weighted by Crippen LogP contribution is -1.94. The molecule has 1 heterocycles. The third-order valence-electron chi connectivity index (χ3n) is 2.65. The van der Waals surface area contributed by atoms with Gasteiger partial charge in [0.25, 0.3) is 0 Å². The lowest BCUT2D eigenvalue weighted by molar-refractivity contribution is 0.439. The summed E-state index contributed by atoms with van der Waals surface area (Å²) in [6.45, 7) is 3.57. The van der Waals surface area contributed by atoms with E-state index in [9.17, 15) is 0 Å². The van der Waals surface area contributed by atoms with Crippen LogP contribution in [0.5, 0.6) is 0 Å². The van der Waals surface area contributed by atoms with E-state index in [2.05, 4.69) is 22.7 Å². The van der Waals surface area contributed by atoms with Gasteiger partial charge in [-0.05, 0) is 25.3 Å². The highest BCUT2D eigenvalue weighted by Gasteiger charge is 2.28. The maximum atomic E-state index is 5.40. The van der Waals surface area contributed by atoms with Crippen molar-refractivity contribution in [2.45, 2.75) is 25.2 Å². The minimum Gasteiger partial charge on any atom is -0.421 e. The van der Waals surface area contributed by atoms with Gasteiger partial charge in [0.1, 0.15) is 0 Å². The topological polar surface area (TPSA) is 38.9 Å². The normalized spacial score (nSPS) is 25.9. The molecule has 14 heavy (non-hydrogen) atoms. The predicted molar refractivity (Wildman–Crippen MR) is 53.3 cm³/mol. The summed E-state index contributed by atoms with van der Waals surface area (Å²) in [5, 5.41) is 7.83. The molecule has 0 aliphatic heterocycles. The van der Waals surface area contributed by atoms with Gasteiger partial charge in [-0.2, -0.15) is 0 Å². The maximum absolute atomic E-state index is 5.40. The van der Waals surface area contributed by atoms with Crippen LogP contribution in [-0.2, 0) is 0 Å². The molecule has 1 fully saturated rings. The van der Waals surface area contributed by atoms with Crippen LogP contribution < -0.4 is 0 Å². The van der Waals surface area contributed by atoms with E-state index in [-0.39, 0.29) is 0 Å². The standard InChI is InChI=1S/C11H12N2O/c1-3-8-5-6-9(7-8)11-13-12-10(4-2)14-11/h1,4,8-9H,2,5-7H2. The van der Waals surface area contributed by atoms with E-state index in [0.29, 0.717) is 23.6 Å². The smallest absolute Gasteiger partial charge is 0.239 e. The van der Waals surface area contributed by atoms with Gasteiger partial charge in [0.05, 0.1) is 0 Å². The molecular formula is C11H12N2O. The minimum absolute atomic E-state index is 0.345. The third-order valence-corrected chi connectivity index (χ3v) is 2.65. The monoisotopic (exact) mass is 188 g/mol. The second kappa shape index (κ2) is 3.67. The van der Waals surface area contributed by atoms with Gasteiger partial charge in [0, 0.05) is 11.8 Å². The van der Waals surface area contributed by atoms with Gasteiger partial charge in [-0.1, -0.05) is 6.58 Å². The molecule has 3 heteroatoms. The van der Waals surface area contributed by atoms with Crippen LogP contribution in [0.4, 0.5) is 0 Å². The molecule has 2 unspecified atom stereocenters. The number of rotatable bonds is 2. The lowest BCUT2D eigenvalue weighted by Gasteiger charge is -2.01. The van der Waals surface area contributed by atoms with E-state index in [4.69, 9.17) is 10.8 Å². The molecule has 0 N–H and O–H groups in total. The molecular weight excluding hydrogens is 176 g/mol. The Morgan fingerprint density at radius 3 is 2.93 bits per heavy atom. The Labute approximate surface area is 83.2 Å². The van der Waals surface area contributed by atoms with Crippen molar-refractivity contribution < 1.29 is 4.42 Å². The number of hydrogen-bond acceptors (Lipinski definition) is 3. The fraction of sp³-hybridized carbons (Fsp3) is 0.455. The number of hydrogen-bond donors (Lipinski definition) is 0. The second-order valence-electron chi connectivity index (χ2n) is 3.56. The molecule has 2 rings (SSSR count). The molecule has 1 aromatic rings. The molecule has 0 aromatic carbocycles. The molecule has 0 saturated heterocycles. The van der Waals surface area contributed by atoms with Crippen molar-refractivity contribution in [1.29, 1.82) is 0 Å². The first-order valence-corrected chi connectivity index (χ1v) is 4.75. The van der Waals surface area contributed by atoms with Crippen LogP contribution in [0.3, 0.4) is 0 Å². The maximum Gasteiger partial charge on any atom is 0.239 e. The average Bonchev–Trinajstić information content (AvgIpc) is 2.86. The summed E-state index contributed by atoms with van der Waals surface area (Å²) >= 11 is 0. The zero-order valence-corrected chi connectivity index (χ0v) is 7.94. The Balaban J connectivity index is 2.10. The van der Waals surface area contributed by atoms with Crippen molar-refractivity contribution in [2.24, 2.45) is 5.92 Å². The van der Waals surface area contributed by atoms with Crippen molar-refractivity contribution in [3.05, 3.63) is 18.4 Å². The lowest BCUT2D eigenvalue weighted by atomic mass is 10.1. The van der Waals surface area contributed by atoms with Crippen LogP contribution in [0.15, 0.2) is 11.0 Å². The SMILES string of the molecule is C#CC1CCC(c2nnc(C=C)o2)C1. The van der Waals surface area contributed by atoms with Crippen molar-refractivity contribution >= 4 is 6.08 Å². The van der Waals surface area contributed by atoms with Gasteiger partial charge in [-0.25, -0.2) is 0 Å². The third kappa shape index (κ3) is 1.56. The van der Waals surface area contributed by atoms with Gasteiger partial charge < -0.3 is 4.42 Å². The molecule has 0 bridgehead atoms. The molecule has 1 aliphatic carbocycles. The highest BCUT2D eigenvalue weighted by molar-refractivity contribution is 5.32. The second-order valence-corrected chi connectivity index (χ2v) is 3.56. The molecule has 3 nitrogen and oxygen atoms in total. The molecule has 1 aromatic heterocycles. The van der Waals surface area contributed by atoms with Crippen LogP contribution in [0.1, 0.15) is 37.0 Å². The summed E-state index contributed by atoms with van der Waals surface area (Å²) in [4.78, 5) is 0. The van der Waals surface area contributed by atoms with Crippen LogP contribution in [0.25, 0.3) is 6.08 Å². The van der Waals surface area contributed by atoms with E-state index >= 15 is 0 Å². The van der Waals surface area contributed by atoms with Crippen molar-refractivity contribution in [1.82, 2.24) is 10.2 Å². The van der Waals surface area contributed by atoms with Crippen molar-refractivity contribution in [2.75, 3.05) is 0 Å². The first kappa shape index (κ1) is 9.01. The first-order valence-electron chi connectivity index (χ1n) is 4.75. The van der Waals surface area contributed by atoms with Crippen molar-refractivity contribution in [3.8, 4) is 12.3 Å². The average molecular weight is 188 g/mol. The predicted octanol–water partition coefficient (Wildman–Crippen LogP) is 2.23. The molecule has 0 spiro atoms. The van der Waals surface area contributed by atoms with Crippen molar-refractivity contribution in [3.63, 3.8) is 0 Å². The molecule has 1 saturated carbocycles. The summed E-state index contributed by atoms with van der Waals surface area (Å²) < 4.78 is 5.40. The number of terminal acetylenes is 1. The van der Waals surface area contributed by atoms with Crippen LogP contribution >= 0.6 is 0 Å². The Morgan fingerprint density at radius 1 is 1.50 bits per heavy atom. The highest BCUT2D eigenvalue weighted by atomic mass is 16.4.